The lowest BCUT2D eigenvalue weighted by Crippen LogP contribution is -2.50. The van der Waals surface area contributed by atoms with Gasteiger partial charge in [-0.1, -0.05) is 55.4 Å². The quantitative estimate of drug-likeness (QED) is 0.612. The maximum absolute atomic E-state index is 6.48. The van der Waals surface area contributed by atoms with Crippen LogP contribution in [-0.4, -0.2) is 20.8 Å². The van der Waals surface area contributed by atoms with Crippen molar-refractivity contribution < 1.29 is 8.85 Å². The summed E-state index contributed by atoms with van der Waals surface area (Å²) in [4.78, 5) is 0. The van der Waals surface area contributed by atoms with Crippen LogP contribution >= 0.6 is 0 Å². The summed E-state index contributed by atoms with van der Waals surface area (Å²) >= 11 is 0. The molecule has 0 fully saturated rings. The van der Waals surface area contributed by atoms with Crippen LogP contribution in [0.25, 0.3) is 0 Å². The molecule has 0 saturated heterocycles. The van der Waals surface area contributed by atoms with E-state index in [-0.39, 0.29) is 23.0 Å². The Balaban J connectivity index is 4.96. The standard InChI is InChI=1S/C16H36O2Si/c1-11-19(12-2,17-13(3)15(5,6)7)18-14(4)16(8,9)10/h13-14H,11-12H2,1-10H3. The van der Waals surface area contributed by atoms with Gasteiger partial charge in [-0.2, -0.15) is 0 Å². The molecule has 0 aromatic heterocycles. The van der Waals surface area contributed by atoms with E-state index in [4.69, 9.17) is 8.85 Å². The van der Waals surface area contributed by atoms with Crippen LogP contribution in [0.1, 0.15) is 69.2 Å². The first-order valence-electron chi connectivity index (χ1n) is 7.73. The van der Waals surface area contributed by atoms with E-state index < -0.39 is 8.56 Å². The zero-order valence-corrected chi connectivity index (χ0v) is 15.9. The third-order valence-electron chi connectivity index (χ3n) is 4.30. The molecule has 0 aromatic carbocycles. The van der Waals surface area contributed by atoms with E-state index in [1.807, 2.05) is 0 Å². The van der Waals surface area contributed by atoms with Crippen LogP contribution in [0.2, 0.25) is 12.1 Å². The Bertz CT molecular complexity index is 235. The molecule has 0 aliphatic heterocycles. The van der Waals surface area contributed by atoms with Gasteiger partial charge in [-0.3, -0.25) is 0 Å². The topological polar surface area (TPSA) is 18.5 Å². The average molecular weight is 289 g/mol. The van der Waals surface area contributed by atoms with Gasteiger partial charge in [0.05, 0.1) is 0 Å². The summed E-state index contributed by atoms with van der Waals surface area (Å²) in [5, 5.41) is 0. The summed E-state index contributed by atoms with van der Waals surface area (Å²) in [5.74, 6) is 0. The van der Waals surface area contributed by atoms with Crippen LogP contribution in [0, 0.1) is 10.8 Å². The molecule has 0 rings (SSSR count). The molecule has 0 aromatic rings. The second-order valence-electron chi connectivity index (χ2n) is 7.87. The van der Waals surface area contributed by atoms with Gasteiger partial charge in [0.1, 0.15) is 0 Å². The van der Waals surface area contributed by atoms with E-state index in [9.17, 15) is 0 Å². The van der Waals surface area contributed by atoms with Crippen molar-refractivity contribution in [2.75, 3.05) is 0 Å². The first-order valence-corrected chi connectivity index (χ1v) is 9.96. The molecule has 2 atom stereocenters. The summed E-state index contributed by atoms with van der Waals surface area (Å²) in [5.41, 5.74) is 0.327. The second kappa shape index (κ2) is 6.73. The van der Waals surface area contributed by atoms with Crippen molar-refractivity contribution in [2.45, 2.75) is 93.5 Å². The maximum Gasteiger partial charge on any atom is 0.338 e. The SMILES string of the molecule is CC[Si](CC)(OC(C)C(C)(C)C)OC(C)C(C)(C)C. The Morgan fingerprint density at radius 2 is 1.00 bits per heavy atom. The highest BCUT2D eigenvalue weighted by Gasteiger charge is 2.41. The highest BCUT2D eigenvalue weighted by molar-refractivity contribution is 6.67. The largest absolute Gasteiger partial charge is 0.391 e. The van der Waals surface area contributed by atoms with Gasteiger partial charge in [-0.25, -0.2) is 0 Å². The molecule has 0 radical (unpaired) electrons. The van der Waals surface area contributed by atoms with Gasteiger partial charge in [0.25, 0.3) is 0 Å². The van der Waals surface area contributed by atoms with Gasteiger partial charge < -0.3 is 8.85 Å². The first-order chi connectivity index (χ1) is 8.38. The molecule has 2 unspecified atom stereocenters. The zero-order chi connectivity index (χ0) is 15.5. The van der Waals surface area contributed by atoms with Gasteiger partial charge in [0.2, 0.25) is 0 Å². The highest BCUT2D eigenvalue weighted by Crippen LogP contribution is 2.33. The normalized spacial score (nSPS) is 17.4. The van der Waals surface area contributed by atoms with Crippen LogP contribution in [-0.2, 0) is 8.85 Å². The average Bonchev–Trinajstić information content (AvgIpc) is 2.25. The van der Waals surface area contributed by atoms with E-state index in [0.717, 1.165) is 12.1 Å². The van der Waals surface area contributed by atoms with Crippen molar-refractivity contribution >= 4 is 8.56 Å². The van der Waals surface area contributed by atoms with Crippen LogP contribution in [0.4, 0.5) is 0 Å². The Kier molecular flexibility index (Phi) is 6.78. The molecule has 0 heterocycles. The van der Waals surface area contributed by atoms with E-state index in [0.29, 0.717) is 0 Å². The van der Waals surface area contributed by atoms with Gasteiger partial charge in [0.15, 0.2) is 0 Å². The fourth-order valence-corrected chi connectivity index (χ4v) is 4.83. The maximum atomic E-state index is 6.48. The fraction of sp³-hybridized carbons (Fsp3) is 1.00. The van der Waals surface area contributed by atoms with Gasteiger partial charge in [-0.15, -0.1) is 0 Å². The van der Waals surface area contributed by atoms with Gasteiger partial charge in [-0.05, 0) is 36.8 Å². The second-order valence-corrected chi connectivity index (χ2v) is 11.6. The molecule has 2 nitrogen and oxygen atoms in total. The van der Waals surface area contributed by atoms with Crippen molar-refractivity contribution in [3.05, 3.63) is 0 Å². The molecule has 0 spiro atoms. The summed E-state index contributed by atoms with van der Waals surface area (Å²) < 4.78 is 13.0. The van der Waals surface area contributed by atoms with Crippen LogP contribution in [0.15, 0.2) is 0 Å². The van der Waals surface area contributed by atoms with Crippen molar-refractivity contribution in [1.29, 1.82) is 0 Å². The number of rotatable bonds is 6. The molecule has 0 aliphatic rings. The van der Waals surface area contributed by atoms with Crippen LogP contribution in [0.5, 0.6) is 0 Å². The fourth-order valence-electron chi connectivity index (χ4n) is 1.61. The Labute approximate surface area is 122 Å². The summed E-state index contributed by atoms with van der Waals surface area (Å²) in [7, 11) is -2.09. The molecule has 19 heavy (non-hydrogen) atoms. The molecule has 3 heteroatoms. The molecule has 0 N–H and O–H groups in total. The number of hydrogen-bond donors (Lipinski definition) is 0. The summed E-state index contributed by atoms with van der Waals surface area (Å²) in [6.45, 7) is 22.2. The molecule has 0 amide bonds. The van der Waals surface area contributed by atoms with E-state index in [1.165, 1.54) is 0 Å². The molecular weight excluding hydrogens is 252 g/mol. The molecule has 0 saturated carbocycles. The molecule has 116 valence electrons. The first kappa shape index (κ1) is 19.1. The third kappa shape index (κ3) is 5.97. The predicted molar refractivity (Wildman–Crippen MR) is 86.7 cm³/mol. The van der Waals surface area contributed by atoms with Crippen molar-refractivity contribution in [2.24, 2.45) is 10.8 Å². The predicted octanol–water partition coefficient (Wildman–Crippen LogP) is 5.37. The van der Waals surface area contributed by atoms with Crippen molar-refractivity contribution in [1.82, 2.24) is 0 Å². The minimum absolute atomic E-state index is 0.164. The van der Waals surface area contributed by atoms with Crippen LogP contribution in [0.3, 0.4) is 0 Å². The summed E-state index contributed by atoms with van der Waals surface area (Å²) in [6, 6.07) is 2.04. The molecule has 0 bridgehead atoms. The molecular formula is C16H36O2Si. The monoisotopic (exact) mass is 288 g/mol. The number of hydrogen-bond acceptors (Lipinski definition) is 2. The molecule has 0 aliphatic carbocycles. The van der Waals surface area contributed by atoms with Crippen molar-refractivity contribution in [3.63, 3.8) is 0 Å². The zero-order valence-electron chi connectivity index (χ0n) is 14.9. The minimum Gasteiger partial charge on any atom is -0.391 e. The lowest BCUT2D eigenvalue weighted by molar-refractivity contribution is 0.00990. The van der Waals surface area contributed by atoms with E-state index in [1.54, 1.807) is 0 Å². The Morgan fingerprint density at radius 1 is 0.737 bits per heavy atom. The van der Waals surface area contributed by atoms with Crippen molar-refractivity contribution in [3.8, 4) is 0 Å². The van der Waals surface area contributed by atoms with E-state index in [2.05, 4.69) is 69.2 Å². The van der Waals surface area contributed by atoms with Gasteiger partial charge in [0, 0.05) is 12.2 Å². The highest BCUT2D eigenvalue weighted by atomic mass is 28.4. The van der Waals surface area contributed by atoms with Crippen LogP contribution < -0.4 is 0 Å². The van der Waals surface area contributed by atoms with E-state index >= 15 is 0 Å². The lowest BCUT2D eigenvalue weighted by Gasteiger charge is -2.41. The summed E-state index contributed by atoms with van der Waals surface area (Å²) in [6.07, 6.45) is 0.456. The van der Waals surface area contributed by atoms with Gasteiger partial charge >= 0.3 is 8.56 Å². The Hall–Kier alpha value is 0.137. The minimum atomic E-state index is -2.09. The Morgan fingerprint density at radius 3 is 1.16 bits per heavy atom. The lowest BCUT2D eigenvalue weighted by atomic mass is 9.91. The third-order valence-corrected chi connectivity index (χ3v) is 8.02. The smallest absolute Gasteiger partial charge is 0.338 e.